The zero-order valence-corrected chi connectivity index (χ0v) is 16.0. The number of carbonyl (C=O) groups is 1. The minimum atomic E-state index is -0.269. The number of hydrogen-bond acceptors (Lipinski definition) is 4. The molecule has 0 spiro atoms. The number of nitrogens with one attached hydrogen (secondary N) is 1. The van der Waals surface area contributed by atoms with Crippen molar-refractivity contribution in [3.8, 4) is 5.75 Å². The van der Waals surface area contributed by atoms with Gasteiger partial charge in [-0.25, -0.2) is 9.37 Å². The molecule has 0 radical (unpaired) electrons. The number of halogens is 2. The van der Waals surface area contributed by atoms with E-state index in [1.165, 1.54) is 23.5 Å². The van der Waals surface area contributed by atoms with Crippen molar-refractivity contribution >= 4 is 28.8 Å². The molecule has 0 saturated carbocycles. The summed E-state index contributed by atoms with van der Waals surface area (Å²) in [5, 5.41) is 6.14. The van der Waals surface area contributed by atoms with E-state index in [9.17, 15) is 9.18 Å². The fourth-order valence-electron chi connectivity index (χ4n) is 2.44. The molecule has 1 amide bonds. The second-order valence-electron chi connectivity index (χ2n) is 5.88. The fourth-order valence-corrected chi connectivity index (χ4v) is 3.27. The van der Waals surface area contributed by atoms with E-state index in [0.717, 1.165) is 10.6 Å². The Morgan fingerprint density at radius 1 is 1.22 bits per heavy atom. The van der Waals surface area contributed by atoms with Crippen LogP contribution < -0.4 is 10.1 Å². The molecule has 3 rings (SSSR count). The van der Waals surface area contributed by atoms with Gasteiger partial charge in [0.25, 0.3) is 0 Å². The summed E-state index contributed by atoms with van der Waals surface area (Å²) >= 11 is 7.29. The van der Waals surface area contributed by atoms with Crippen LogP contribution in [0.25, 0.3) is 0 Å². The highest BCUT2D eigenvalue weighted by Gasteiger charge is 2.08. The second-order valence-corrected chi connectivity index (χ2v) is 7.26. The zero-order chi connectivity index (χ0) is 19.1. The van der Waals surface area contributed by atoms with E-state index in [4.69, 9.17) is 16.3 Å². The summed E-state index contributed by atoms with van der Waals surface area (Å²) < 4.78 is 18.8. The average Bonchev–Trinajstić information content (AvgIpc) is 3.08. The van der Waals surface area contributed by atoms with E-state index in [2.05, 4.69) is 10.3 Å². The molecule has 1 N–H and O–H groups in total. The molecule has 0 aliphatic carbocycles. The molecule has 27 heavy (non-hydrogen) atoms. The zero-order valence-electron chi connectivity index (χ0n) is 14.5. The van der Waals surface area contributed by atoms with Gasteiger partial charge in [-0.1, -0.05) is 23.7 Å². The van der Waals surface area contributed by atoms with Gasteiger partial charge < -0.3 is 10.1 Å². The van der Waals surface area contributed by atoms with Crippen molar-refractivity contribution in [1.82, 2.24) is 10.3 Å². The standard InChI is InChI=1S/C20H18ClFN2O2S/c21-15-4-6-18(7-5-15)26-12-20-24-17(13-27-20)11-19(25)23-9-8-14-2-1-3-16(22)10-14/h1-7,10,13H,8-9,11-12H2,(H,23,25). The van der Waals surface area contributed by atoms with Crippen LogP contribution >= 0.6 is 22.9 Å². The lowest BCUT2D eigenvalue weighted by Gasteiger charge is -2.05. The molecule has 0 bridgehead atoms. The van der Waals surface area contributed by atoms with Gasteiger partial charge in [0.2, 0.25) is 5.91 Å². The number of thiazole rings is 1. The second kappa shape index (κ2) is 9.48. The number of hydrogen-bond donors (Lipinski definition) is 1. The smallest absolute Gasteiger partial charge is 0.226 e. The quantitative estimate of drug-likeness (QED) is 0.604. The molecule has 0 fully saturated rings. The van der Waals surface area contributed by atoms with Crippen molar-refractivity contribution in [2.75, 3.05) is 6.54 Å². The minimum absolute atomic E-state index is 0.109. The monoisotopic (exact) mass is 404 g/mol. The summed E-state index contributed by atoms with van der Waals surface area (Å²) in [4.78, 5) is 16.4. The van der Waals surface area contributed by atoms with Gasteiger partial charge >= 0.3 is 0 Å². The fraction of sp³-hybridized carbons (Fsp3) is 0.200. The topological polar surface area (TPSA) is 51.2 Å². The van der Waals surface area contributed by atoms with Crippen LogP contribution in [0.1, 0.15) is 16.3 Å². The summed E-state index contributed by atoms with van der Waals surface area (Å²) in [6.07, 6.45) is 0.793. The van der Waals surface area contributed by atoms with Gasteiger partial charge in [-0.2, -0.15) is 0 Å². The maximum Gasteiger partial charge on any atom is 0.226 e. The molecule has 0 saturated heterocycles. The Balaban J connectivity index is 1.41. The Bertz CT molecular complexity index is 899. The number of amides is 1. The summed E-state index contributed by atoms with van der Waals surface area (Å²) in [6, 6.07) is 13.5. The molecular weight excluding hydrogens is 387 g/mol. The molecule has 1 heterocycles. The van der Waals surface area contributed by atoms with E-state index in [1.807, 2.05) is 11.4 Å². The molecule has 2 aromatic carbocycles. The third kappa shape index (κ3) is 6.34. The van der Waals surface area contributed by atoms with Crippen LogP contribution in [0.5, 0.6) is 5.75 Å². The largest absolute Gasteiger partial charge is 0.486 e. The van der Waals surface area contributed by atoms with Crippen molar-refractivity contribution in [3.63, 3.8) is 0 Å². The Kier molecular flexibility index (Phi) is 6.79. The molecule has 1 aromatic heterocycles. The first-order valence-electron chi connectivity index (χ1n) is 8.41. The van der Waals surface area contributed by atoms with E-state index in [0.29, 0.717) is 36.0 Å². The highest BCUT2D eigenvalue weighted by atomic mass is 35.5. The molecule has 0 aliphatic heterocycles. The Hall–Kier alpha value is -2.44. The number of nitrogens with zero attached hydrogens (tertiary/aromatic N) is 1. The van der Waals surface area contributed by atoms with Gasteiger partial charge in [0, 0.05) is 16.9 Å². The lowest BCUT2D eigenvalue weighted by molar-refractivity contribution is -0.120. The first kappa shape index (κ1) is 19.3. The van der Waals surface area contributed by atoms with E-state index >= 15 is 0 Å². The molecule has 140 valence electrons. The van der Waals surface area contributed by atoms with Crippen molar-refractivity contribution in [3.05, 3.63) is 81.0 Å². The maximum absolute atomic E-state index is 13.1. The van der Waals surface area contributed by atoms with Crippen LogP contribution in [0, 0.1) is 5.82 Å². The van der Waals surface area contributed by atoms with E-state index in [-0.39, 0.29) is 18.1 Å². The van der Waals surface area contributed by atoms with E-state index < -0.39 is 0 Å². The normalized spacial score (nSPS) is 10.6. The molecule has 0 atom stereocenters. The third-order valence-electron chi connectivity index (χ3n) is 3.74. The van der Waals surface area contributed by atoms with Gasteiger partial charge in [-0.3, -0.25) is 4.79 Å². The van der Waals surface area contributed by atoms with Crippen LogP contribution in [0.3, 0.4) is 0 Å². The van der Waals surface area contributed by atoms with Gasteiger partial charge in [0.1, 0.15) is 23.2 Å². The Morgan fingerprint density at radius 2 is 2.04 bits per heavy atom. The van der Waals surface area contributed by atoms with E-state index in [1.54, 1.807) is 30.3 Å². The van der Waals surface area contributed by atoms with Crippen LogP contribution in [0.4, 0.5) is 4.39 Å². The van der Waals surface area contributed by atoms with Crippen LogP contribution in [-0.4, -0.2) is 17.4 Å². The van der Waals surface area contributed by atoms with Crippen molar-refractivity contribution in [2.24, 2.45) is 0 Å². The minimum Gasteiger partial charge on any atom is -0.486 e. The average molecular weight is 405 g/mol. The lowest BCUT2D eigenvalue weighted by atomic mass is 10.1. The predicted molar refractivity (Wildman–Crippen MR) is 105 cm³/mol. The SMILES string of the molecule is O=C(Cc1csc(COc2ccc(Cl)cc2)n1)NCCc1cccc(F)c1. The van der Waals surface area contributed by atoms with Crippen LogP contribution in [-0.2, 0) is 24.2 Å². The number of rotatable bonds is 8. The number of benzene rings is 2. The summed E-state index contributed by atoms with van der Waals surface area (Å²) in [5.74, 6) is 0.336. The van der Waals surface area contributed by atoms with Gasteiger partial charge in [0.05, 0.1) is 12.1 Å². The highest BCUT2D eigenvalue weighted by molar-refractivity contribution is 7.09. The van der Waals surface area contributed by atoms with Crippen molar-refractivity contribution in [2.45, 2.75) is 19.4 Å². The molecular formula is C20H18ClFN2O2S. The van der Waals surface area contributed by atoms with Gasteiger partial charge in [0.15, 0.2) is 0 Å². The molecule has 4 nitrogen and oxygen atoms in total. The number of aromatic nitrogens is 1. The molecule has 0 aliphatic rings. The van der Waals surface area contributed by atoms with Crippen molar-refractivity contribution in [1.29, 1.82) is 0 Å². The first-order valence-corrected chi connectivity index (χ1v) is 9.67. The molecule has 7 heteroatoms. The summed E-state index contributed by atoms with van der Waals surface area (Å²) in [5.41, 5.74) is 1.56. The Morgan fingerprint density at radius 3 is 2.81 bits per heavy atom. The number of ether oxygens (including phenoxy) is 1. The molecule has 3 aromatic rings. The van der Waals surface area contributed by atoms with Crippen molar-refractivity contribution < 1.29 is 13.9 Å². The number of carbonyl (C=O) groups excluding carboxylic acids is 1. The first-order chi connectivity index (χ1) is 13.1. The molecule has 0 unspecified atom stereocenters. The van der Waals surface area contributed by atoms with Crippen LogP contribution in [0.15, 0.2) is 53.9 Å². The maximum atomic E-state index is 13.1. The summed E-state index contributed by atoms with van der Waals surface area (Å²) in [6.45, 7) is 0.798. The predicted octanol–water partition coefficient (Wildman–Crippen LogP) is 4.42. The third-order valence-corrected chi connectivity index (χ3v) is 4.86. The van der Waals surface area contributed by atoms with Gasteiger partial charge in [-0.15, -0.1) is 11.3 Å². The Labute approximate surface area is 166 Å². The van der Waals surface area contributed by atoms with Crippen LogP contribution in [0.2, 0.25) is 5.02 Å². The lowest BCUT2D eigenvalue weighted by Crippen LogP contribution is -2.27. The summed E-state index contributed by atoms with van der Waals surface area (Å²) in [7, 11) is 0. The van der Waals surface area contributed by atoms with Gasteiger partial charge in [-0.05, 0) is 48.4 Å². The highest BCUT2D eigenvalue weighted by Crippen LogP contribution is 2.18.